The monoisotopic (exact) mass is 270 g/mol. The van der Waals surface area contributed by atoms with Crippen molar-refractivity contribution in [2.75, 3.05) is 7.11 Å². The Hall–Kier alpha value is -2.38. The number of nitrogens with zero attached hydrogens (tertiary/aromatic N) is 1. The van der Waals surface area contributed by atoms with Gasteiger partial charge >= 0.3 is 11.9 Å². The van der Waals surface area contributed by atoms with Crippen LogP contribution in [0.4, 0.5) is 0 Å². The maximum atomic E-state index is 11.7. The summed E-state index contributed by atoms with van der Waals surface area (Å²) in [6.07, 6.45) is 0.915. The van der Waals surface area contributed by atoms with Crippen molar-refractivity contribution in [2.45, 2.75) is 25.8 Å². The van der Waals surface area contributed by atoms with Crippen molar-refractivity contribution in [3.05, 3.63) is 17.8 Å². The normalized spacial score (nSPS) is 11.7. The number of hydrogen-bond acceptors (Lipinski definition) is 6. The molecule has 0 aliphatic carbocycles. The average molecular weight is 270 g/mol. The SMILES string of the molecule is COC(=O)CC[C@H](NC(=O)c1ocnc1C)C(=O)O. The first kappa shape index (κ1) is 14.7. The number of carboxylic acid groups (broad SMARTS) is 1. The summed E-state index contributed by atoms with van der Waals surface area (Å²) in [4.78, 5) is 37.4. The number of ether oxygens (including phenoxy) is 1. The number of carbonyl (C=O) groups is 3. The molecule has 1 heterocycles. The van der Waals surface area contributed by atoms with Gasteiger partial charge in [-0.2, -0.15) is 0 Å². The van der Waals surface area contributed by atoms with Crippen LogP contribution in [-0.2, 0) is 14.3 Å². The molecule has 2 N–H and O–H groups in total. The number of carboxylic acids is 1. The maximum Gasteiger partial charge on any atom is 0.326 e. The van der Waals surface area contributed by atoms with Crippen LogP contribution in [0.15, 0.2) is 10.8 Å². The molecule has 0 radical (unpaired) electrons. The van der Waals surface area contributed by atoms with Crippen LogP contribution in [0.2, 0.25) is 0 Å². The van der Waals surface area contributed by atoms with E-state index in [1.807, 2.05) is 0 Å². The molecule has 104 valence electrons. The van der Waals surface area contributed by atoms with Crippen LogP contribution >= 0.6 is 0 Å². The first-order valence-corrected chi connectivity index (χ1v) is 5.46. The van der Waals surface area contributed by atoms with Crippen molar-refractivity contribution >= 4 is 17.8 Å². The van der Waals surface area contributed by atoms with Gasteiger partial charge < -0.3 is 19.6 Å². The molecule has 0 aliphatic heterocycles. The molecular weight excluding hydrogens is 256 g/mol. The zero-order chi connectivity index (χ0) is 14.4. The quantitative estimate of drug-likeness (QED) is 0.704. The Bertz CT molecular complexity index is 481. The summed E-state index contributed by atoms with van der Waals surface area (Å²) >= 11 is 0. The highest BCUT2D eigenvalue weighted by Gasteiger charge is 2.24. The van der Waals surface area contributed by atoms with Gasteiger partial charge in [0.2, 0.25) is 5.76 Å². The predicted molar refractivity (Wildman–Crippen MR) is 61.4 cm³/mol. The lowest BCUT2D eigenvalue weighted by Crippen LogP contribution is -2.41. The van der Waals surface area contributed by atoms with E-state index in [0.717, 1.165) is 6.39 Å². The van der Waals surface area contributed by atoms with Crippen molar-refractivity contribution in [2.24, 2.45) is 0 Å². The molecule has 19 heavy (non-hydrogen) atoms. The van der Waals surface area contributed by atoms with E-state index >= 15 is 0 Å². The molecule has 1 rings (SSSR count). The number of rotatable bonds is 6. The number of aryl methyl sites for hydroxylation is 1. The molecule has 1 aromatic rings. The van der Waals surface area contributed by atoms with Crippen LogP contribution in [-0.4, -0.2) is 41.1 Å². The summed E-state index contributed by atoms with van der Waals surface area (Å²) in [6.45, 7) is 1.56. The molecule has 1 aromatic heterocycles. The Labute approximate surface area is 108 Å². The number of aliphatic carboxylic acids is 1. The fourth-order valence-electron chi connectivity index (χ4n) is 1.37. The minimum Gasteiger partial charge on any atom is -0.480 e. The van der Waals surface area contributed by atoms with Gasteiger partial charge in [-0.25, -0.2) is 9.78 Å². The van der Waals surface area contributed by atoms with Gasteiger partial charge in [0, 0.05) is 6.42 Å². The van der Waals surface area contributed by atoms with Crippen LogP contribution in [0.1, 0.15) is 29.1 Å². The number of methoxy groups -OCH3 is 1. The van der Waals surface area contributed by atoms with E-state index in [2.05, 4.69) is 15.0 Å². The summed E-state index contributed by atoms with van der Waals surface area (Å²) < 4.78 is 9.25. The Morgan fingerprint density at radius 1 is 1.53 bits per heavy atom. The third-order valence-corrected chi connectivity index (χ3v) is 2.42. The van der Waals surface area contributed by atoms with Crippen molar-refractivity contribution in [1.29, 1.82) is 0 Å². The fraction of sp³-hybridized carbons (Fsp3) is 0.455. The lowest BCUT2D eigenvalue weighted by atomic mass is 10.1. The van der Waals surface area contributed by atoms with Crippen LogP contribution in [0, 0.1) is 6.92 Å². The second-order valence-electron chi connectivity index (χ2n) is 3.75. The summed E-state index contributed by atoms with van der Waals surface area (Å²) in [5, 5.41) is 11.2. The molecule has 1 atom stereocenters. The highest BCUT2D eigenvalue weighted by molar-refractivity contribution is 5.95. The molecule has 0 bridgehead atoms. The topological polar surface area (TPSA) is 119 Å². The maximum absolute atomic E-state index is 11.7. The van der Waals surface area contributed by atoms with E-state index in [-0.39, 0.29) is 18.6 Å². The number of carbonyl (C=O) groups excluding carboxylic acids is 2. The summed E-state index contributed by atoms with van der Waals surface area (Å²) in [5.41, 5.74) is 0.356. The van der Waals surface area contributed by atoms with Gasteiger partial charge in [0.25, 0.3) is 5.91 Å². The number of esters is 1. The molecule has 8 nitrogen and oxygen atoms in total. The molecule has 0 spiro atoms. The largest absolute Gasteiger partial charge is 0.480 e. The number of nitrogens with one attached hydrogen (secondary N) is 1. The van der Waals surface area contributed by atoms with E-state index in [9.17, 15) is 14.4 Å². The summed E-state index contributed by atoms with van der Waals surface area (Å²) in [7, 11) is 1.20. The van der Waals surface area contributed by atoms with Crippen LogP contribution in [0.25, 0.3) is 0 Å². The molecular formula is C11H14N2O6. The number of aromatic nitrogens is 1. The Balaban J connectivity index is 2.64. The minimum atomic E-state index is -1.24. The second kappa shape index (κ2) is 6.53. The van der Waals surface area contributed by atoms with Gasteiger partial charge in [-0.05, 0) is 13.3 Å². The molecule has 1 amide bonds. The van der Waals surface area contributed by atoms with Gasteiger partial charge in [-0.15, -0.1) is 0 Å². The third kappa shape index (κ3) is 4.09. The fourth-order valence-corrected chi connectivity index (χ4v) is 1.37. The van der Waals surface area contributed by atoms with E-state index in [1.165, 1.54) is 7.11 Å². The van der Waals surface area contributed by atoms with E-state index in [4.69, 9.17) is 9.52 Å². The summed E-state index contributed by atoms with van der Waals surface area (Å²) in [6, 6.07) is -1.20. The van der Waals surface area contributed by atoms with Crippen LogP contribution in [0.3, 0.4) is 0 Å². The first-order chi connectivity index (χ1) is 8.95. The molecule has 0 saturated carbocycles. The van der Waals surface area contributed by atoms with Gasteiger partial charge in [0.1, 0.15) is 6.04 Å². The average Bonchev–Trinajstić information content (AvgIpc) is 2.79. The van der Waals surface area contributed by atoms with Gasteiger partial charge in [-0.3, -0.25) is 9.59 Å². The highest BCUT2D eigenvalue weighted by Crippen LogP contribution is 2.07. The standard InChI is InChI=1S/C11H14N2O6/c1-6-9(19-5-12-6)10(15)13-7(11(16)17)3-4-8(14)18-2/h5,7H,3-4H2,1-2H3,(H,13,15)(H,16,17)/t7-/m0/s1. The van der Waals surface area contributed by atoms with Crippen molar-refractivity contribution in [1.82, 2.24) is 10.3 Å². The predicted octanol–water partition coefficient (Wildman–Crippen LogP) is 0.119. The third-order valence-electron chi connectivity index (χ3n) is 2.42. The lowest BCUT2D eigenvalue weighted by Gasteiger charge is -2.12. The lowest BCUT2D eigenvalue weighted by molar-refractivity contribution is -0.142. The van der Waals surface area contributed by atoms with Crippen molar-refractivity contribution < 1.29 is 28.6 Å². The van der Waals surface area contributed by atoms with E-state index in [1.54, 1.807) is 6.92 Å². The Kier molecular flexibility index (Phi) is 5.04. The first-order valence-electron chi connectivity index (χ1n) is 5.46. The van der Waals surface area contributed by atoms with Crippen LogP contribution < -0.4 is 5.32 Å². The number of hydrogen-bond donors (Lipinski definition) is 2. The van der Waals surface area contributed by atoms with Crippen molar-refractivity contribution in [3.63, 3.8) is 0 Å². The number of oxazole rings is 1. The molecule has 0 fully saturated rings. The van der Waals surface area contributed by atoms with E-state index < -0.39 is 23.9 Å². The zero-order valence-corrected chi connectivity index (χ0v) is 10.5. The molecule has 0 aliphatic rings. The zero-order valence-electron chi connectivity index (χ0n) is 10.5. The van der Waals surface area contributed by atoms with Crippen LogP contribution in [0.5, 0.6) is 0 Å². The summed E-state index contributed by atoms with van der Waals surface area (Å²) in [5.74, 6) is -2.53. The van der Waals surface area contributed by atoms with Crippen molar-refractivity contribution in [3.8, 4) is 0 Å². The smallest absolute Gasteiger partial charge is 0.326 e. The molecule has 8 heteroatoms. The number of amides is 1. The van der Waals surface area contributed by atoms with E-state index in [0.29, 0.717) is 5.69 Å². The molecule has 0 saturated heterocycles. The Morgan fingerprint density at radius 2 is 2.21 bits per heavy atom. The van der Waals surface area contributed by atoms with Gasteiger partial charge in [0.15, 0.2) is 6.39 Å². The second-order valence-corrected chi connectivity index (χ2v) is 3.75. The van der Waals surface area contributed by atoms with Gasteiger partial charge in [0.05, 0.1) is 12.8 Å². The Morgan fingerprint density at radius 3 is 2.68 bits per heavy atom. The highest BCUT2D eigenvalue weighted by atomic mass is 16.5. The molecule has 0 aromatic carbocycles. The minimum absolute atomic E-state index is 0.0516. The molecule has 0 unspecified atom stereocenters. The van der Waals surface area contributed by atoms with Gasteiger partial charge in [-0.1, -0.05) is 0 Å².